The Morgan fingerprint density at radius 3 is 2.75 bits per heavy atom. The molecule has 0 saturated heterocycles. The van der Waals surface area contributed by atoms with Crippen molar-refractivity contribution in [3.05, 3.63) is 30.2 Å². The van der Waals surface area contributed by atoms with Gasteiger partial charge in [-0.2, -0.15) is 0 Å². The monoisotopic (exact) mass is 317 g/mol. The Bertz CT molecular complexity index is 650. The quantitative estimate of drug-likeness (QED) is 0.773. The predicted octanol–water partition coefficient (Wildman–Crippen LogP) is 1.03. The van der Waals surface area contributed by atoms with Crippen LogP contribution in [0.1, 0.15) is 12.8 Å². The lowest BCUT2D eigenvalue weighted by atomic mass is 10.3. The highest BCUT2D eigenvalue weighted by Crippen LogP contribution is 2.18. The van der Waals surface area contributed by atoms with Crippen molar-refractivity contribution in [2.45, 2.75) is 24.4 Å². The average Bonchev–Trinajstić information content (AvgIpc) is 3.01. The van der Waals surface area contributed by atoms with E-state index < -0.39 is 10.0 Å². The van der Waals surface area contributed by atoms with Gasteiger partial charge in [-0.05, 0) is 12.8 Å². The fourth-order valence-corrected chi connectivity index (χ4v) is 3.19. The Morgan fingerprint density at radius 2 is 2.15 bits per heavy atom. The van der Waals surface area contributed by atoms with Crippen LogP contribution in [0.4, 0.5) is 0 Å². The lowest BCUT2D eigenvalue weighted by Gasteiger charge is -2.05. The van der Waals surface area contributed by atoms with Crippen LogP contribution in [0, 0.1) is 0 Å². The molecule has 0 atom stereocenters. The lowest BCUT2D eigenvalue weighted by molar-refractivity contribution is 0.563. The van der Waals surface area contributed by atoms with Gasteiger partial charge < -0.3 is 9.13 Å². The maximum absolute atomic E-state index is 12.0. The molecule has 0 saturated carbocycles. The molecule has 0 radical (unpaired) electrons. The zero-order valence-electron chi connectivity index (χ0n) is 11.0. The summed E-state index contributed by atoms with van der Waals surface area (Å²) in [7, 11) is -2.00. The largest absolute Gasteiger partial charge is 0.337 e. The fraction of sp³-hybridized carbons (Fsp3) is 0.455. The molecular formula is C11H16ClN5O2S. The molecule has 20 heavy (non-hydrogen) atoms. The molecule has 2 aromatic rings. The van der Waals surface area contributed by atoms with Gasteiger partial charge in [0.15, 0.2) is 0 Å². The molecule has 2 heterocycles. The van der Waals surface area contributed by atoms with Gasteiger partial charge in [-0.25, -0.2) is 23.1 Å². The first-order valence-corrected chi connectivity index (χ1v) is 7.99. The van der Waals surface area contributed by atoms with Crippen LogP contribution in [0.3, 0.4) is 0 Å². The third kappa shape index (κ3) is 3.59. The van der Waals surface area contributed by atoms with Crippen LogP contribution in [0.15, 0.2) is 30.1 Å². The summed E-state index contributed by atoms with van der Waals surface area (Å²) in [5, 5.41) is -0.0211. The molecule has 2 rings (SSSR count). The predicted molar refractivity (Wildman–Crippen MR) is 74.9 cm³/mol. The first-order chi connectivity index (χ1) is 9.50. The molecule has 7 nitrogen and oxygen atoms in total. The summed E-state index contributed by atoms with van der Waals surface area (Å²) in [6.07, 6.45) is 8.27. The molecule has 0 unspecified atom stereocenters. The second-order valence-corrected chi connectivity index (χ2v) is 6.40. The summed E-state index contributed by atoms with van der Waals surface area (Å²) in [4.78, 5) is 7.73. The number of nitrogens with one attached hydrogen (secondary N) is 1. The van der Waals surface area contributed by atoms with Crippen LogP contribution in [-0.4, -0.2) is 34.1 Å². The van der Waals surface area contributed by atoms with Crippen molar-refractivity contribution in [3.8, 4) is 0 Å². The van der Waals surface area contributed by atoms with E-state index in [0.717, 1.165) is 19.4 Å². The van der Waals surface area contributed by atoms with Crippen molar-refractivity contribution in [3.63, 3.8) is 0 Å². The van der Waals surface area contributed by atoms with E-state index in [0.29, 0.717) is 6.54 Å². The number of aryl methyl sites for hydroxylation is 2. The number of unbranched alkanes of at least 4 members (excludes halogenated alkanes) is 1. The van der Waals surface area contributed by atoms with E-state index in [4.69, 9.17) is 11.6 Å². The minimum atomic E-state index is -3.64. The third-order valence-corrected chi connectivity index (χ3v) is 4.73. The van der Waals surface area contributed by atoms with Crippen molar-refractivity contribution in [1.29, 1.82) is 0 Å². The van der Waals surface area contributed by atoms with E-state index in [-0.39, 0.29) is 10.2 Å². The summed E-state index contributed by atoms with van der Waals surface area (Å²) >= 11 is 5.87. The molecule has 0 amide bonds. The smallest absolute Gasteiger partial charge is 0.261 e. The van der Waals surface area contributed by atoms with Crippen molar-refractivity contribution in [1.82, 2.24) is 23.8 Å². The van der Waals surface area contributed by atoms with Crippen LogP contribution in [0.2, 0.25) is 5.15 Å². The zero-order valence-corrected chi connectivity index (χ0v) is 12.6. The van der Waals surface area contributed by atoms with Crippen LogP contribution < -0.4 is 4.72 Å². The van der Waals surface area contributed by atoms with Crippen molar-refractivity contribution in [2.75, 3.05) is 6.54 Å². The molecule has 9 heteroatoms. The highest BCUT2D eigenvalue weighted by Gasteiger charge is 2.21. The summed E-state index contributed by atoms with van der Waals surface area (Å²) in [6.45, 7) is 1.16. The van der Waals surface area contributed by atoms with Crippen LogP contribution in [-0.2, 0) is 23.6 Å². The standard InChI is InChI=1S/C11H16ClN5O2S/c1-16-9-14-11(10(16)12)20(18,19)15-4-2-3-6-17-7-5-13-8-17/h5,7-9,15H,2-4,6H2,1H3. The second-order valence-electron chi connectivity index (χ2n) is 4.36. The van der Waals surface area contributed by atoms with Gasteiger partial charge in [0.2, 0.25) is 5.03 Å². The van der Waals surface area contributed by atoms with Gasteiger partial charge in [0, 0.05) is 32.5 Å². The van der Waals surface area contributed by atoms with E-state index >= 15 is 0 Å². The molecule has 0 spiro atoms. The summed E-state index contributed by atoms with van der Waals surface area (Å²) < 4.78 is 29.8. The number of hydrogen-bond donors (Lipinski definition) is 1. The molecule has 110 valence electrons. The van der Waals surface area contributed by atoms with Crippen LogP contribution in [0.5, 0.6) is 0 Å². The van der Waals surface area contributed by atoms with E-state index in [1.807, 2.05) is 10.8 Å². The number of aromatic nitrogens is 4. The Kier molecular flexibility index (Phi) is 4.79. The van der Waals surface area contributed by atoms with Crippen LogP contribution in [0.25, 0.3) is 0 Å². The molecule has 1 N–H and O–H groups in total. The van der Waals surface area contributed by atoms with Crippen molar-refractivity contribution >= 4 is 21.6 Å². The maximum atomic E-state index is 12.0. The normalized spacial score (nSPS) is 11.9. The van der Waals surface area contributed by atoms with E-state index in [1.54, 1.807) is 19.6 Å². The number of nitrogens with zero attached hydrogens (tertiary/aromatic N) is 4. The van der Waals surface area contributed by atoms with E-state index in [1.165, 1.54) is 10.9 Å². The maximum Gasteiger partial charge on any atom is 0.261 e. The summed E-state index contributed by atoms with van der Waals surface area (Å²) in [5.74, 6) is 0. The Hall–Kier alpha value is -1.38. The van der Waals surface area contributed by atoms with Gasteiger partial charge in [0.25, 0.3) is 10.0 Å². The van der Waals surface area contributed by atoms with E-state index in [9.17, 15) is 8.42 Å². The van der Waals surface area contributed by atoms with E-state index in [2.05, 4.69) is 14.7 Å². The van der Waals surface area contributed by atoms with Gasteiger partial charge in [-0.1, -0.05) is 11.6 Å². The second kappa shape index (κ2) is 6.38. The molecule has 0 aliphatic heterocycles. The minimum Gasteiger partial charge on any atom is -0.337 e. The number of halogens is 1. The number of rotatable bonds is 7. The number of imidazole rings is 2. The highest BCUT2D eigenvalue weighted by molar-refractivity contribution is 7.89. The molecular weight excluding hydrogens is 302 g/mol. The topological polar surface area (TPSA) is 81.8 Å². The molecule has 0 aromatic carbocycles. The number of sulfonamides is 1. The third-order valence-electron chi connectivity index (χ3n) is 2.78. The highest BCUT2D eigenvalue weighted by atomic mass is 35.5. The SMILES string of the molecule is Cn1cnc(S(=O)(=O)NCCCCn2ccnc2)c1Cl. The number of hydrogen-bond acceptors (Lipinski definition) is 4. The minimum absolute atomic E-state index is 0.107. The van der Waals surface area contributed by atoms with Crippen molar-refractivity contribution in [2.24, 2.45) is 7.05 Å². The molecule has 0 bridgehead atoms. The summed E-state index contributed by atoms with van der Waals surface area (Å²) in [6, 6.07) is 0. The molecule has 2 aromatic heterocycles. The van der Waals surface area contributed by atoms with Gasteiger partial charge in [-0.15, -0.1) is 0 Å². The zero-order chi connectivity index (χ0) is 14.6. The Labute approximate surface area is 122 Å². The fourth-order valence-electron chi connectivity index (χ4n) is 1.69. The molecule has 0 fully saturated rings. The van der Waals surface area contributed by atoms with Crippen LogP contribution >= 0.6 is 11.6 Å². The molecule has 0 aliphatic carbocycles. The van der Waals surface area contributed by atoms with Gasteiger partial charge >= 0.3 is 0 Å². The van der Waals surface area contributed by atoms with Gasteiger partial charge in [-0.3, -0.25) is 0 Å². The lowest BCUT2D eigenvalue weighted by Crippen LogP contribution is -2.25. The Balaban J connectivity index is 1.80. The Morgan fingerprint density at radius 1 is 1.35 bits per heavy atom. The summed E-state index contributed by atoms with van der Waals surface area (Å²) in [5.41, 5.74) is 0. The van der Waals surface area contributed by atoms with Crippen molar-refractivity contribution < 1.29 is 8.42 Å². The first kappa shape index (κ1) is 15.0. The molecule has 0 aliphatic rings. The first-order valence-electron chi connectivity index (χ1n) is 6.13. The van der Waals surface area contributed by atoms with Gasteiger partial charge in [0.1, 0.15) is 5.15 Å². The average molecular weight is 318 g/mol. The van der Waals surface area contributed by atoms with Gasteiger partial charge in [0.05, 0.1) is 12.7 Å².